The molecule has 0 aliphatic carbocycles. The van der Waals surface area contributed by atoms with Gasteiger partial charge < -0.3 is 37.6 Å². The van der Waals surface area contributed by atoms with Gasteiger partial charge in [-0.3, -0.25) is 19.4 Å². The molecule has 15 nitrogen and oxygen atoms in total. The molecular weight excluding hydrogens is 462 g/mol. The van der Waals surface area contributed by atoms with Crippen LogP contribution in [0.3, 0.4) is 0 Å². The van der Waals surface area contributed by atoms with Crippen LogP contribution in [0.25, 0.3) is 11.2 Å². The minimum atomic E-state index is -1.47. The van der Waals surface area contributed by atoms with E-state index in [9.17, 15) is 24.3 Å². The number of nitrogens with two attached hydrogens (primary N) is 3. The Balaban J connectivity index is 1.73. The molecule has 1 unspecified atom stereocenters. The van der Waals surface area contributed by atoms with Crippen LogP contribution in [0.2, 0.25) is 0 Å². The maximum atomic E-state index is 12.4. The molecule has 10 N–H and O–H groups in total. The number of fused-ring (bicyclic) bond motifs is 1. The maximum absolute atomic E-state index is 12.4. The SMILES string of the molecule is CN(Cc1nc2c(=O)[nH]c(N)nc2nc1N)c1ccc(C(=O)N[C@@H](CC(N)C(=O)O)C(=O)O)cc1. The van der Waals surface area contributed by atoms with Crippen LogP contribution in [0.5, 0.6) is 0 Å². The van der Waals surface area contributed by atoms with Crippen LogP contribution < -0.4 is 33.0 Å². The van der Waals surface area contributed by atoms with E-state index in [-0.39, 0.29) is 35.0 Å². The van der Waals surface area contributed by atoms with E-state index >= 15 is 0 Å². The van der Waals surface area contributed by atoms with Gasteiger partial charge in [-0.25, -0.2) is 14.8 Å². The summed E-state index contributed by atoms with van der Waals surface area (Å²) < 4.78 is 0. The minimum absolute atomic E-state index is 0.0144. The molecule has 0 saturated carbocycles. The molecule has 184 valence electrons. The Labute approximate surface area is 197 Å². The number of aromatic amines is 1. The summed E-state index contributed by atoms with van der Waals surface area (Å²) in [5.74, 6) is -3.53. The Morgan fingerprint density at radius 2 is 1.74 bits per heavy atom. The molecule has 15 heteroatoms. The quantitative estimate of drug-likeness (QED) is 0.182. The summed E-state index contributed by atoms with van der Waals surface area (Å²) in [6.07, 6.45) is -0.476. The molecule has 0 bridgehead atoms. The fourth-order valence-electron chi connectivity index (χ4n) is 3.14. The summed E-state index contributed by atoms with van der Waals surface area (Å²) in [6, 6.07) is 3.22. The van der Waals surface area contributed by atoms with Crippen LogP contribution in [0.1, 0.15) is 22.5 Å². The molecule has 0 aliphatic heterocycles. The number of carbonyl (C=O) groups is 3. The monoisotopic (exact) mass is 485 g/mol. The van der Waals surface area contributed by atoms with E-state index in [0.29, 0.717) is 11.4 Å². The Bertz CT molecular complexity index is 1340. The summed E-state index contributed by atoms with van der Waals surface area (Å²) in [5, 5.41) is 20.4. The molecule has 35 heavy (non-hydrogen) atoms. The van der Waals surface area contributed by atoms with Gasteiger partial charge in [0.25, 0.3) is 11.5 Å². The van der Waals surface area contributed by atoms with E-state index in [4.69, 9.17) is 22.3 Å². The van der Waals surface area contributed by atoms with Crippen molar-refractivity contribution in [2.24, 2.45) is 5.73 Å². The standard InChI is InChI=1S/C20H23N9O6/c1-29(7-12-14(22)26-15-13(24-12)17(31)28-20(23)27-15)9-4-2-8(3-5-9)16(30)25-11(19(34)35)6-10(21)18(32)33/h2-5,10-11H,6-7,21H2,1H3,(H,25,30)(H,32,33)(H,34,35)(H5,22,23,26,27,28,31)/t10?,11-/m0/s1. The van der Waals surface area contributed by atoms with Crippen molar-refractivity contribution in [2.75, 3.05) is 23.4 Å². The third kappa shape index (κ3) is 5.77. The molecule has 0 aliphatic rings. The van der Waals surface area contributed by atoms with Gasteiger partial charge in [0.05, 0.1) is 6.54 Å². The summed E-state index contributed by atoms with van der Waals surface area (Å²) in [4.78, 5) is 63.1. The number of benzene rings is 1. The average Bonchev–Trinajstić information content (AvgIpc) is 2.79. The zero-order valence-electron chi connectivity index (χ0n) is 18.4. The number of carboxylic acid groups (broad SMARTS) is 2. The molecule has 2 heterocycles. The number of nitrogens with zero attached hydrogens (tertiary/aromatic N) is 4. The predicted molar refractivity (Wildman–Crippen MR) is 124 cm³/mol. The second-order valence-electron chi connectivity index (χ2n) is 7.63. The molecule has 0 saturated heterocycles. The first-order valence-electron chi connectivity index (χ1n) is 10.1. The molecule has 0 radical (unpaired) electrons. The maximum Gasteiger partial charge on any atom is 0.326 e. The number of nitrogen functional groups attached to an aromatic ring is 2. The number of nitrogens with one attached hydrogen (secondary N) is 2. The van der Waals surface area contributed by atoms with Crippen LogP contribution in [0.4, 0.5) is 17.5 Å². The van der Waals surface area contributed by atoms with E-state index in [1.807, 2.05) is 0 Å². The number of hydrogen-bond acceptors (Lipinski definition) is 11. The number of rotatable bonds is 9. The molecule has 0 fully saturated rings. The van der Waals surface area contributed by atoms with Crippen LogP contribution in [-0.4, -0.2) is 67.1 Å². The number of aromatic nitrogens is 4. The Morgan fingerprint density at radius 3 is 2.34 bits per heavy atom. The summed E-state index contributed by atoms with van der Waals surface area (Å²) in [5.41, 5.74) is 17.4. The number of amides is 1. The van der Waals surface area contributed by atoms with Crippen molar-refractivity contribution in [1.29, 1.82) is 0 Å². The lowest BCUT2D eigenvalue weighted by Gasteiger charge is -2.20. The van der Waals surface area contributed by atoms with Crippen LogP contribution in [-0.2, 0) is 16.1 Å². The van der Waals surface area contributed by atoms with Crippen molar-refractivity contribution in [1.82, 2.24) is 25.3 Å². The number of hydrogen-bond donors (Lipinski definition) is 7. The topological polar surface area (TPSA) is 257 Å². The van der Waals surface area contributed by atoms with Crippen LogP contribution >= 0.6 is 0 Å². The largest absolute Gasteiger partial charge is 0.480 e. The first-order chi connectivity index (χ1) is 16.5. The second kappa shape index (κ2) is 10.0. The third-order valence-electron chi connectivity index (χ3n) is 5.03. The van der Waals surface area contributed by atoms with Gasteiger partial charge in [-0.15, -0.1) is 0 Å². The zero-order valence-corrected chi connectivity index (χ0v) is 18.4. The van der Waals surface area contributed by atoms with Crippen LogP contribution in [0.15, 0.2) is 29.1 Å². The highest BCUT2D eigenvalue weighted by molar-refractivity contribution is 5.97. The normalized spacial score (nSPS) is 12.6. The van der Waals surface area contributed by atoms with Crippen molar-refractivity contribution in [2.45, 2.75) is 25.0 Å². The van der Waals surface area contributed by atoms with Gasteiger partial charge in [-0.1, -0.05) is 0 Å². The van der Waals surface area contributed by atoms with E-state index in [1.54, 1.807) is 24.1 Å². The van der Waals surface area contributed by atoms with Gasteiger partial charge in [-0.2, -0.15) is 4.98 Å². The lowest BCUT2D eigenvalue weighted by molar-refractivity contribution is -0.141. The van der Waals surface area contributed by atoms with Gasteiger partial charge >= 0.3 is 11.9 Å². The van der Waals surface area contributed by atoms with Gasteiger partial charge in [0.1, 0.15) is 23.6 Å². The summed E-state index contributed by atoms with van der Waals surface area (Å²) in [7, 11) is 1.72. The molecule has 0 spiro atoms. The van der Waals surface area contributed by atoms with Gasteiger partial charge in [0.15, 0.2) is 11.2 Å². The van der Waals surface area contributed by atoms with E-state index < -0.39 is 41.9 Å². The van der Waals surface area contributed by atoms with Gasteiger partial charge in [-0.05, 0) is 24.3 Å². The van der Waals surface area contributed by atoms with Crippen molar-refractivity contribution in [3.05, 3.63) is 45.9 Å². The van der Waals surface area contributed by atoms with Crippen molar-refractivity contribution in [3.8, 4) is 0 Å². The molecular formula is C20H23N9O6. The average molecular weight is 485 g/mol. The number of anilines is 3. The summed E-state index contributed by atoms with van der Waals surface area (Å²) in [6.45, 7) is 0.165. The Kier molecular flexibility index (Phi) is 7.10. The predicted octanol–water partition coefficient (Wildman–Crippen LogP) is -1.50. The number of carboxylic acids is 2. The van der Waals surface area contributed by atoms with Crippen molar-refractivity contribution < 1.29 is 24.6 Å². The molecule has 1 aromatic carbocycles. The highest BCUT2D eigenvalue weighted by Gasteiger charge is 2.26. The smallest absolute Gasteiger partial charge is 0.326 e. The Hall–Kier alpha value is -4.79. The van der Waals surface area contributed by atoms with E-state index in [0.717, 1.165) is 0 Å². The molecule has 2 atom stereocenters. The second-order valence-corrected chi connectivity index (χ2v) is 7.63. The zero-order chi connectivity index (χ0) is 25.9. The number of aliphatic carboxylic acids is 2. The number of H-pyrrole nitrogens is 1. The molecule has 3 rings (SSSR count). The fraction of sp³-hybridized carbons (Fsp3) is 0.250. The summed E-state index contributed by atoms with van der Waals surface area (Å²) >= 11 is 0. The fourth-order valence-corrected chi connectivity index (χ4v) is 3.14. The lowest BCUT2D eigenvalue weighted by Crippen LogP contribution is -2.46. The van der Waals surface area contributed by atoms with Gasteiger partial charge in [0.2, 0.25) is 5.95 Å². The van der Waals surface area contributed by atoms with Crippen molar-refractivity contribution in [3.63, 3.8) is 0 Å². The van der Waals surface area contributed by atoms with Gasteiger partial charge in [0, 0.05) is 24.7 Å². The molecule has 1 amide bonds. The number of carbonyl (C=O) groups excluding carboxylic acids is 1. The minimum Gasteiger partial charge on any atom is -0.480 e. The third-order valence-corrected chi connectivity index (χ3v) is 5.03. The highest BCUT2D eigenvalue weighted by atomic mass is 16.4. The molecule has 3 aromatic rings. The first kappa shape index (κ1) is 24.8. The lowest BCUT2D eigenvalue weighted by atomic mass is 10.1. The highest BCUT2D eigenvalue weighted by Crippen LogP contribution is 2.19. The van der Waals surface area contributed by atoms with E-state index in [2.05, 4.69) is 25.3 Å². The Morgan fingerprint density at radius 1 is 1.09 bits per heavy atom. The van der Waals surface area contributed by atoms with E-state index in [1.165, 1.54) is 12.1 Å². The van der Waals surface area contributed by atoms with Crippen molar-refractivity contribution >= 4 is 46.5 Å². The van der Waals surface area contributed by atoms with Crippen LogP contribution in [0, 0.1) is 0 Å². The molecule has 2 aromatic heterocycles. The first-order valence-corrected chi connectivity index (χ1v) is 10.1.